The number of sulfonamides is 1. The Kier molecular flexibility index (Phi) is 3.58. The van der Waals surface area contributed by atoms with Crippen LogP contribution in [0.25, 0.3) is 0 Å². The van der Waals surface area contributed by atoms with E-state index in [1.807, 2.05) is 0 Å². The lowest BCUT2D eigenvalue weighted by molar-refractivity contribution is 0.580. The first kappa shape index (κ1) is 12.5. The van der Waals surface area contributed by atoms with Gasteiger partial charge in [0.1, 0.15) is 10.7 Å². The number of imidazole rings is 1. The Hall–Kier alpha value is -1.93. The zero-order valence-electron chi connectivity index (χ0n) is 9.71. The van der Waals surface area contributed by atoms with Crippen molar-refractivity contribution < 1.29 is 8.42 Å². The normalized spacial score (nSPS) is 11.4. The molecule has 0 spiro atoms. The number of hydrogen-bond donors (Lipinski definition) is 3. The molecule has 0 fully saturated rings. The van der Waals surface area contributed by atoms with Gasteiger partial charge in [0.2, 0.25) is 10.0 Å². The number of rotatable bonds is 5. The molecule has 3 N–H and O–H groups in total. The molecule has 0 radical (unpaired) electrons. The van der Waals surface area contributed by atoms with E-state index in [9.17, 15) is 8.42 Å². The predicted octanol–water partition coefficient (Wildman–Crippen LogP) is 0.325. The molecule has 0 aliphatic heterocycles. The first-order chi connectivity index (χ1) is 8.62. The van der Waals surface area contributed by atoms with Crippen molar-refractivity contribution in [3.8, 4) is 0 Å². The highest BCUT2D eigenvalue weighted by molar-refractivity contribution is 7.89. The number of anilines is 1. The molecule has 0 aromatic carbocycles. The maximum atomic E-state index is 11.9. The third-order valence-corrected chi connectivity index (χ3v) is 3.70. The summed E-state index contributed by atoms with van der Waals surface area (Å²) in [6.07, 6.45) is 4.36. The number of pyridine rings is 1. The Morgan fingerprint density at radius 1 is 1.33 bits per heavy atom. The van der Waals surface area contributed by atoms with Crippen molar-refractivity contribution in [3.05, 3.63) is 36.5 Å². The van der Waals surface area contributed by atoms with Crippen molar-refractivity contribution in [2.75, 3.05) is 12.4 Å². The lowest BCUT2D eigenvalue weighted by Crippen LogP contribution is -2.23. The Morgan fingerprint density at radius 3 is 2.72 bits per heavy atom. The van der Waals surface area contributed by atoms with E-state index in [4.69, 9.17) is 0 Å². The van der Waals surface area contributed by atoms with Gasteiger partial charge >= 0.3 is 0 Å². The average molecular weight is 267 g/mol. The lowest BCUT2D eigenvalue weighted by Gasteiger charge is -2.06. The van der Waals surface area contributed by atoms with Gasteiger partial charge in [0.05, 0.1) is 12.9 Å². The second-order valence-corrected chi connectivity index (χ2v) is 5.30. The maximum absolute atomic E-state index is 11.9. The number of aromatic amines is 1. The van der Waals surface area contributed by atoms with Gasteiger partial charge < -0.3 is 10.3 Å². The summed E-state index contributed by atoms with van der Waals surface area (Å²) in [6.45, 7) is 0.163. The summed E-state index contributed by atoms with van der Waals surface area (Å²) in [4.78, 5) is 10.7. The van der Waals surface area contributed by atoms with Gasteiger partial charge in [0.15, 0.2) is 0 Å². The molecule has 8 heteroatoms. The van der Waals surface area contributed by atoms with E-state index in [0.717, 1.165) is 0 Å². The second kappa shape index (κ2) is 5.15. The smallest absolute Gasteiger partial charge is 0.242 e. The molecular formula is C10H13N5O2S. The van der Waals surface area contributed by atoms with Crippen LogP contribution in [-0.4, -0.2) is 30.4 Å². The van der Waals surface area contributed by atoms with E-state index in [0.29, 0.717) is 11.5 Å². The van der Waals surface area contributed by atoms with Crippen molar-refractivity contribution in [1.29, 1.82) is 0 Å². The number of aromatic nitrogens is 3. The Labute approximate surface area is 105 Å². The van der Waals surface area contributed by atoms with Gasteiger partial charge in [-0.2, -0.15) is 0 Å². The third kappa shape index (κ3) is 2.84. The molecule has 96 valence electrons. The van der Waals surface area contributed by atoms with Crippen molar-refractivity contribution in [1.82, 2.24) is 19.7 Å². The fourth-order valence-corrected chi connectivity index (χ4v) is 2.28. The molecule has 2 rings (SSSR count). The van der Waals surface area contributed by atoms with Gasteiger partial charge in [0, 0.05) is 25.1 Å². The molecule has 2 aromatic rings. The maximum Gasteiger partial charge on any atom is 0.242 e. The van der Waals surface area contributed by atoms with Crippen molar-refractivity contribution in [2.45, 2.75) is 11.4 Å². The van der Waals surface area contributed by atoms with Gasteiger partial charge in [-0.15, -0.1) is 0 Å². The Bertz CT molecular complexity index is 592. The van der Waals surface area contributed by atoms with E-state index in [-0.39, 0.29) is 11.4 Å². The standard InChI is InChI=1S/C10H13N5O2S/c1-11-10-3-2-9(6-13-10)18(16,17)15-5-8-4-12-7-14-8/h2-4,6-7,15H,5H2,1H3,(H,11,13)(H,12,14). The van der Waals surface area contributed by atoms with Crippen molar-refractivity contribution in [2.24, 2.45) is 0 Å². The molecule has 0 bridgehead atoms. The predicted molar refractivity (Wildman–Crippen MR) is 66.4 cm³/mol. The van der Waals surface area contributed by atoms with Gasteiger partial charge in [-0.3, -0.25) is 0 Å². The molecule has 7 nitrogen and oxygen atoms in total. The molecule has 0 saturated carbocycles. The summed E-state index contributed by atoms with van der Waals surface area (Å²) in [5.41, 5.74) is 0.693. The lowest BCUT2D eigenvalue weighted by atomic mass is 10.5. The summed E-state index contributed by atoms with van der Waals surface area (Å²) < 4.78 is 26.3. The molecule has 0 atom stereocenters. The largest absolute Gasteiger partial charge is 0.373 e. The van der Waals surface area contributed by atoms with Crippen LogP contribution < -0.4 is 10.0 Å². The minimum Gasteiger partial charge on any atom is -0.373 e. The summed E-state index contributed by atoms with van der Waals surface area (Å²) >= 11 is 0. The van der Waals surface area contributed by atoms with E-state index in [1.165, 1.54) is 18.6 Å². The summed E-state index contributed by atoms with van der Waals surface area (Å²) in [5.74, 6) is 0.613. The highest BCUT2D eigenvalue weighted by atomic mass is 32.2. The van der Waals surface area contributed by atoms with Gasteiger partial charge in [0.25, 0.3) is 0 Å². The fraction of sp³-hybridized carbons (Fsp3) is 0.200. The molecule has 0 saturated heterocycles. The Balaban J connectivity index is 2.09. The molecule has 0 aliphatic carbocycles. The van der Waals surface area contributed by atoms with Crippen molar-refractivity contribution in [3.63, 3.8) is 0 Å². The highest BCUT2D eigenvalue weighted by Crippen LogP contribution is 2.10. The van der Waals surface area contributed by atoms with Crippen LogP contribution in [0.2, 0.25) is 0 Å². The van der Waals surface area contributed by atoms with E-state index in [2.05, 4.69) is 25.0 Å². The van der Waals surface area contributed by atoms with Crippen LogP contribution in [-0.2, 0) is 16.6 Å². The quantitative estimate of drug-likeness (QED) is 0.724. The number of nitrogens with zero attached hydrogens (tertiary/aromatic N) is 2. The van der Waals surface area contributed by atoms with Crippen LogP contribution >= 0.6 is 0 Å². The van der Waals surface area contributed by atoms with E-state index < -0.39 is 10.0 Å². The molecule has 0 amide bonds. The van der Waals surface area contributed by atoms with Gasteiger partial charge in [-0.25, -0.2) is 23.1 Å². The number of H-pyrrole nitrogens is 1. The second-order valence-electron chi connectivity index (χ2n) is 3.53. The minimum absolute atomic E-state index is 0.126. The minimum atomic E-state index is -3.55. The van der Waals surface area contributed by atoms with Gasteiger partial charge in [-0.05, 0) is 12.1 Å². The molecule has 2 heterocycles. The fourth-order valence-electron chi connectivity index (χ4n) is 1.32. The summed E-state index contributed by atoms with van der Waals surface area (Å²) in [7, 11) is -1.83. The van der Waals surface area contributed by atoms with Crippen LogP contribution in [0.15, 0.2) is 35.7 Å². The SMILES string of the molecule is CNc1ccc(S(=O)(=O)NCc2cnc[nH]2)cn1. The van der Waals surface area contributed by atoms with Crippen LogP contribution in [0.3, 0.4) is 0 Å². The van der Waals surface area contributed by atoms with Crippen LogP contribution in [0.4, 0.5) is 5.82 Å². The van der Waals surface area contributed by atoms with Crippen molar-refractivity contribution >= 4 is 15.8 Å². The zero-order valence-corrected chi connectivity index (χ0v) is 10.5. The first-order valence-electron chi connectivity index (χ1n) is 5.22. The molecular weight excluding hydrogens is 254 g/mol. The third-order valence-electron chi connectivity index (χ3n) is 2.31. The summed E-state index contributed by atoms with van der Waals surface area (Å²) in [6, 6.07) is 3.10. The first-order valence-corrected chi connectivity index (χ1v) is 6.71. The average Bonchev–Trinajstić information content (AvgIpc) is 2.90. The number of hydrogen-bond acceptors (Lipinski definition) is 5. The number of nitrogens with one attached hydrogen (secondary N) is 3. The summed E-state index contributed by atoms with van der Waals surface area (Å²) in [5, 5.41) is 2.82. The van der Waals surface area contributed by atoms with Crippen LogP contribution in [0.5, 0.6) is 0 Å². The topological polar surface area (TPSA) is 99.8 Å². The molecule has 18 heavy (non-hydrogen) atoms. The van der Waals surface area contributed by atoms with E-state index >= 15 is 0 Å². The molecule has 0 unspecified atom stereocenters. The zero-order chi connectivity index (χ0) is 13.0. The van der Waals surface area contributed by atoms with E-state index in [1.54, 1.807) is 19.3 Å². The van der Waals surface area contributed by atoms with Crippen LogP contribution in [0, 0.1) is 0 Å². The van der Waals surface area contributed by atoms with Crippen LogP contribution in [0.1, 0.15) is 5.69 Å². The molecule has 2 aromatic heterocycles. The monoisotopic (exact) mass is 267 g/mol. The highest BCUT2D eigenvalue weighted by Gasteiger charge is 2.14. The van der Waals surface area contributed by atoms with Gasteiger partial charge in [-0.1, -0.05) is 0 Å². The molecule has 0 aliphatic rings. The Morgan fingerprint density at radius 2 is 2.17 bits per heavy atom.